The highest BCUT2D eigenvalue weighted by Crippen LogP contribution is 1.94. The van der Waals surface area contributed by atoms with Gasteiger partial charge in [-0.15, -0.1) is 0 Å². The van der Waals surface area contributed by atoms with E-state index in [1.807, 2.05) is 0 Å². The molecule has 1 saturated heterocycles. The van der Waals surface area contributed by atoms with E-state index in [2.05, 4.69) is 10.6 Å². The molecular weight excluding hydrogens is 186 g/mol. The number of amides is 2. The Morgan fingerprint density at radius 1 is 1.50 bits per heavy atom. The zero-order valence-electron chi connectivity index (χ0n) is 8.07. The molecule has 0 radical (unpaired) electrons. The van der Waals surface area contributed by atoms with Gasteiger partial charge in [0.1, 0.15) is 0 Å². The summed E-state index contributed by atoms with van der Waals surface area (Å²) < 4.78 is 0. The first-order valence-electron chi connectivity index (χ1n) is 4.75. The highest BCUT2D eigenvalue weighted by Gasteiger charge is 2.18. The number of nitrogens with one attached hydrogen (secondary N) is 2. The number of nitrogens with zero attached hydrogens (tertiary/aromatic N) is 1. The van der Waals surface area contributed by atoms with Gasteiger partial charge >= 0.3 is 6.03 Å². The summed E-state index contributed by atoms with van der Waals surface area (Å²) >= 11 is 0. The van der Waals surface area contributed by atoms with Crippen LogP contribution in [0.5, 0.6) is 0 Å². The minimum Gasteiger partial charge on any atom is -0.395 e. The van der Waals surface area contributed by atoms with Gasteiger partial charge in [-0.2, -0.15) is 0 Å². The molecule has 14 heavy (non-hydrogen) atoms. The van der Waals surface area contributed by atoms with Gasteiger partial charge in [0.15, 0.2) is 0 Å². The van der Waals surface area contributed by atoms with Gasteiger partial charge in [0.05, 0.1) is 19.3 Å². The van der Waals surface area contributed by atoms with Gasteiger partial charge < -0.3 is 25.7 Å². The molecule has 1 rings (SSSR count). The lowest BCUT2D eigenvalue weighted by molar-refractivity contribution is 0.168. The van der Waals surface area contributed by atoms with Crippen LogP contribution in [0.3, 0.4) is 0 Å². The standard InChI is InChI=1S/C8H17N3O3/c12-5-7(6-13)9-1-3-11-4-2-10-8(11)14/h7,9,12-13H,1-6H2,(H,10,14). The SMILES string of the molecule is O=C1NCCN1CCNC(CO)CO. The van der Waals surface area contributed by atoms with Crippen LogP contribution in [0.2, 0.25) is 0 Å². The number of rotatable bonds is 6. The summed E-state index contributed by atoms with van der Waals surface area (Å²) in [5.41, 5.74) is 0. The zero-order valence-corrected chi connectivity index (χ0v) is 8.07. The van der Waals surface area contributed by atoms with Crippen LogP contribution < -0.4 is 10.6 Å². The average Bonchev–Trinajstić information content (AvgIpc) is 2.59. The van der Waals surface area contributed by atoms with Crippen molar-refractivity contribution in [2.24, 2.45) is 0 Å². The number of hydrogen-bond donors (Lipinski definition) is 4. The first-order valence-corrected chi connectivity index (χ1v) is 4.75. The van der Waals surface area contributed by atoms with Crippen LogP contribution >= 0.6 is 0 Å². The lowest BCUT2D eigenvalue weighted by atomic mass is 10.3. The molecule has 1 aliphatic heterocycles. The molecule has 6 nitrogen and oxygen atoms in total. The Labute approximate surface area is 82.9 Å². The van der Waals surface area contributed by atoms with E-state index in [1.165, 1.54) is 0 Å². The molecule has 2 amide bonds. The van der Waals surface area contributed by atoms with E-state index < -0.39 is 0 Å². The zero-order chi connectivity index (χ0) is 10.4. The molecule has 82 valence electrons. The van der Waals surface area contributed by atoms with Crippen LogP contribution in [-0.2, 0) is 0 Å². The molecule has 0 unspecified atom stereocenters. The van der Waals surface area contributed by atoms with Gasteiger partial charge in [-0.1, -0.05) is 0 Å². The van der Waals surface area contributed by atoms with Crippen molar-refractivity contribution in [3.05, 3.63) is 0 Å². The molecule has 0 aromatic carbocycles. The summed E-state index contributed by atoms with van der Waals surface area (Å²) in [6.45, 7) is 2.42. The van der Waals surface area contributed by atoms with Gasteiger partial charge in [0.2, 0.25) is 0 Å². The van der Waals surface area contributed by atoms with Gasteiger partial charge in [0, 0.05) is 26.2 Å². The highest BCUT2D eigenvalue weighted by molar-refractivity contribution is 5.76. The minimum atomic E-state index is -0.291. The fraction of sp³-hybridized carbons (Fsp3) is 0.875. The Kier molecular flexibility index (Phi) is 4.64. The molecule has 0 spiro atoms. The summed E-state index contributed by atoms with van der Waals surface area (Å²) in [4.78, 5) is 12.8. The average molecular weight is 203 g/mol. The maximum atomic E-state index is 11.1. The molecule has 4 N–H and O–H groups in total. The fourth-order valence-electron chi connectivity index (χ4n) is 1.31. The number of hydrogen-bond acceptors (Lipinski definition) is 4. The second kappa shape index (κ2) is 5.79. The lowest BCUT2D eigenvalue weighted by Crippen LogP contribution is -2.41. The van der Waals surface area contributed by atoms with E-state index in [4.69, 9.17) is 10.2 Å². The molecule has 1 fully saturated rings. The topological polar surface area (TPSA) is 84.8 Å². The Morgan fingerprint density at radius 2 is 2.21 bits per heavy atom. The molecule has 1 heterocycles. The van der Waals surface area contributed by atoms with Crippen molar-refractivity contribution in [3.8, 4) is 0 Å². The molecular formula is C8H17N3O3. The Morgan fingerprint density at radius 3 is 2.71 bits per heavy atom. The summed E-state index contributed by atoms with van der Waals surface area (Å²) in [5.74, 6) is 0. The molecule has 0 aromatic heterocycles. The van der Waals surface area contributed by atoms with Crippen LogP contribution in [0.4, 0.5) is 4.79 Å². The van der Waals surface area contributed by atoms with Crippen LogP contribution in [-0.4, -0.2) is 66.6 Å². The van der Waals surface area contributed by atoms with Crippen LogP contribution in [0.25, 0.3) is 0 Å². The van der Waals surface area contributed by atoms with E-state index in [-0.39, 0.29) is 25.3 Å². The number of aliphatic hydroxyl groups is 2. The Hall–Kier alpha value is -0.850. The van der Waals surface area contributed by atoms with Crippen molar-refractivity contribution >= 4 is 6.03 Å². The molecule has 0 bridgehead atoms. The first kappa shape index (κ1) is 11.2. The quantitative estimate of drug-likeness (QED) is 0.400. The summed E-state index contributed by atoms with van der Waals surface area (Å²) in [6, 6.07) is -0.336. The number of urea groups is 1. The molecule has 0 saturated carbocycles. The number of carbonyl (C=O) groups excluding carboxylic acids is 1. The third-order valence-electron chi connectivity index (χ3n) is 2.20. The lowest BCUT2D eigenvalue weighted by Gasteiger charge is -2.17. The third-order valence-corrected chi connectivity index (χ3v) is 2.20. The minimum absolute atomic E-state index is 0.0450. The van der Waals surface area contributed by atoms with E-state index >= 15 is 0 Å². The summed E-state index contributed by atoms with van der Waals surface area (Å²) in [7, 11) is 0. The Balaban J connectivity index is 2.11. The van der Waals surface area contributed by atoms with E-state index in [0.717, 1.165) is 6.54 Å². The molecule has 0 aliphatic carbocycles. The fourth-order valence-corrected chi connectivity index (χ4v) is 1.31. The molecule has 6 heteroatoms. The normalized spacial score (nSPS) is 16.5. The van der Waals surface area contributed by atoms with E-state index in [9.17, 15) is 4.79 Å². The predicted octanol–water partition coefficient (Wildman–Crippen LogP) is -2.05. The smallest absolute Gasteiger partial charge is 0.317 e. The van der Waals surface area contributed by atoms with Crippen molar-refractivity contribution < 1.29 is 15.0 Å². The van der Waals surface area contributed by atoms with Crippen molar-refractivity contribution in [1.82, 2.24) is 15.5 Å². The maximum absolute atomic E-state index is 11.1. The van der Waals surface area contributed by atoms with Crippen LogP contribution in [0.1, 0.15) is 0 Å². The van der Waals surface area contributed by atoms with Gasteiger partial charge in [-0.3, -0.25) is 0 Å². The second-order valence-electron chi connectivity index (χ2n) is 3.24. The van der Waals surface area contributed by atoms with Crippen LogP contribution in [0, 0.1) is 0 Å². The van der Waals surface area contributed by atoms with Gasteiger partial charge in [-0.05, 0) is 0 Å². The number of aliphatic hydroxyl groups excluding tert-OH is 2. The summed E-state index contributed by atoms with van der Waals surface area (Å²) in [6.07, 6.45) is 0. The second-order valence-corrected chi connectivity index (χ2v) is 3.24. The monoisotopic (exact) mass is 203 g/mol. The van der Waals surface area contributed by atoms with Crippen molar-refractivity contribution in [2.45, 2.75) is 6.04 Å². The largest absolute Gasteiger partial charge is 0.395 e. The Bertz CT molecular complexity index is 185. The van der Waals surface area contributed by atoms with Gasteiger partial charge in [0.25, 0.3) is 0 Å². The molecule has 0 aromatic rings. The van der Waals surface area contributed by atoms with Crippen molar-refractivity contribution in [3.63, 3.8) is 0 Å². The first-order chi connectivity index (χ1) is 6.77. The maximum Gasteiger partial charge on any atom is 0.317 e. The predicted molar refractivity (Wildman–Crippen MR) is 50.9 cm³/mol. The van der Waals surface area contributed by atoms with Crippen molar-refractivity contribution in [1.29, 1.82) is 0 Å². The number of carbonyl (C=O) groups is 1. The molecule has 0 atom stereocenters. The summed E-state index contributed by atoms with van der Waals surface area (Å²) in [5, 5.41) is 23.2. The van der Waals surface area contributed by atoms with Crippen molar-refractivity contribution in [2.75, 3.05) is 39.4 Å². The van der Waals surface area contributed by atoms with E-state index in [0.29, 0.717) is 19.6 Å². The van der Waals surface area contributed by atoms with Crippen LogP contribution in [0.15, 0.2) is 0 Å². The molecule has 1 aliphatic rings. The van der Waals surface area contributed by atoms with E-state index in [1.54, 1.807) is 4.90 Å². The van der Waals surface area contributed by atoms with Gasteiger partial charge in [-0.25, -0.2) is 4.79 Å². The highest BCUT2D eigenvalue weighted by atomic mass is 16.3. The third kappa shape index (κ3) is 3.13.